The van der Waals surface area contributed by atoms with Crippen molar-refractivity contribution in [2.45, 2.75) is 18.9 Å². The van der Waals surface area contributed by atoms with Gasteiger partial charge in [0.1, 0.15) is 5.82 Å². The van der Waals surface area contributed by atoms with Gasteiger partial charge in [0, 0.05) is 12.2 Å². The fourth-order valence-corrected chi connectivity index (χ4v) is 2.80. The Bertz CT molecular complexity index is 565. The van der Waals surface area contributed by atoms with Crippen LogP contribution in [0.5, 0.6) is 0 Å². The number of benzene rings is 2. The summed E-state index contributed by atoms with van der Waals surface area (Å²) in [6.45, 7) is 0.899. The molecular weight excluding hydrogens is 239 g/mol. The van der Waals surface area contributed by atoms with Gasteiger partial charge in [-0.15, -0.1) is 0 Å². The van der Waals surface area contributed by atoms with Crippen molar-refractivity contribution >= 4 is 11.4 Å². The van der Waals surface area contributed by atoms with Gasteiger partial charge in [-0.2, -0.15) is 0 Å². The van der Waals surface area contributed by atoms with Crippen LogP contribution in [0, 0.1) is 5.82 Å². The number of halogens is 1. The fraction of sp³-hybridized carbons (Fsp3) is 0.250. The summed E-state index contributed by atoms with van der Waals surface area (Å²) in [6.07, 6.45) is 2.14. The van der Waals surface area contributed by atoms with Crippen LogP contribution in [-0.2, 0) is 0 Å². The van der Waals surface area contributed by atoms with Gasteiger partial charge >= 0.3 is 0 Å². The molecule has 1 aliphatic rings. The molecule has 2 nitrogen and oxygen atoms in total. The van der Waals surface area contributed by atoms with Crippen molar-refractivity contribution < 1.29 is 4.39 Å². The summed E-state index contributed by atoms with van der Waals surface area (Å²) in [5.74, 6) is -0.148. The van der Waals surface area contributed by atoms with Crippen molar-refractivity contribution in [3.63, 3.8) is 0 Å². The highest BCUT2D eigenvalue weighted by atomic mass is 19.1. The monoisotopic (exact) mass is 256 g/mol. The Morgan fingerprint density at radius 2 is 1.79 bits per heavy atom. The molecule has 0 bridgehead atoms. The number of nitrogens with zero attached hydrogens (tertiary/aromatic N) is 1. The third-order valence-corrected chi connectivity index (χ3v) is 3.74. The highest BCUT2D eigenvalue weighted by molar-refractivity contribution is 5.52. The second-order valence-electron chi connectivity index (χ2n) is 4.97. The zero-order valence-electron chi connectivity index (χ0n) is 10.7. The van der Waals surface area contributed by atoms with Crippen LogP contribution in [0.2, 0.25) is 0 Å². The van der Waals surface area contributed by atoms with Crippen molar-refractivity contribution in [1.29, 1.82) is 0 Å². The molecule has 1 unspecified atom stereocenters. The average molecular weight is 256 g/mol. The molecule has 0 saturated carbocycles. The topological polar surface area (TPSA) is 29.3 Å². The number of hydrogen-bond donors (Lipinski definition) is 1. The fourth-order valence-electron chi connectivity index (χ4n) is 2.80. The lowest BCUT2D eigenvalue weighted by Gasteiger charge is -2.27. The summed E-state index contributed by atoms with van der Waals surface area (Å²) in [7, 11) is 0. The second kappa shape index (κ2) is 4.92. The Hall–Kier alpha value is -2.03. The minimum absolute atomic E-state index is 0.148. The Morgan fingerprint density at radius 3 is 2.53 bits per heavy atom. The number of hydrogen-bond acceptors (Lipinski definition) is 2. The molecule has 1 atom stereocenters. The lowest BCUT2D eigenvalue weighted by atomic mass is 10.0. The molecule has 2 aromatic carbocycles. The van der Waals surface area contributed by atoms with Crippen LogP contribution in [0.15, 0.2) is 48.5 Å². The SMILES string of the molecule is Nc1ccc(C2CCCN2c2ccccc2F)cc1. The molecule has 2 N–H and O–H groups in total. The predicted octanol–water partition coefficient (Wildman–Crippen LogP) is 3.75. The van der Waals surface area contributed by atoms with Crippen molar-refractivity contribution in [3.8, 4) is 0 Å². The van der Waals surface area contributed by atoms with Crippen molar-refractivity contribution in [3.05, 3.63) is 59.9 Å². The first-order chi connectivity index (χ1) is 9.25. The van der Waals surface area contributed by atoms with E-state index in [-0.39, 0.29) is 11.9 Å². The zero-order chi connectivity index (χ0) is 13.2. The molecular formula is C16H17FN2. The average Bonchev–Trinajstić information content (AvgIpc) is 2.89. The van der Waals surface area contributed by atoms with Crippen LogP contribution in [0.1, 0.15) is 24.4 Å². The van der Waals surface area contributed by atoms with Gasteiger partial charge in [0.05, 0.1) is 11.7 Å². The molecule has 0 radical (unpaired) electrons. The van der Waals surface area contributed by atoms with Gasteiger partial charge in [-0.1, -0.05) is 24.3 Å². The van der Waals surface area contributed by atoms with Crippen LogP contribution in [0.4, 0.5) is 15.8 Å². The van der Waals surface area contributed by atoms with Gasteiger partial charge in [-0.05, 0) is 42.7 Å². The first-order valence-electron chi connectivity index (χ1n) is 6.62. The van der Waals surface area contributed by atoms with Crippen molar-refractivity contribution in [2.24, 2.45) is 0 Å². The number of rotatable bonds is 2. The van der Waals surface area contributed by atoms with Crippen LogP contribution in [0.25, 0.3) is 0 Å². The van der Waals surface area contributed by atoms with E-state index in [1.54, 1.807) is 6.07 Å². The number of para-hydroxylation sites is 1. The summed E-state index contributed by atoms with van der Waals surface area (Å²) < 4.78 is 13.9. The number of nitrogens with two attached hydrogens (primary N) is 1. The molecule has 3 heteroatoms. The van der Waals surface area contributed by atoms with E-state index in [4.69, 9.17) is 5.73 Å². The Kier molecular flexibility index (Phi) is 3.11. The summed E-state index contributed by atoms with van der Waals surface area (Å²) in [5, 5.41) is 0. The Morgan fingerprint density at radius 1 is 1.05 bits per heavy atom. The molecule has 1 aliphatic heterocycles. The smallest absolute Gasteiger partial charge is 0.146 e. The maximum absolute atomic E-state index is 13.9. The Labute approximate surface area is 112 Å². The first-order valence-corrected chi connectivity index (χ1v) is 6.62. The molecule has 2 aromatic rings. The van der Waals surface area contributed by atoms with E-state index in [0.717, 1.165) is 25.1 Å². The summed E-state index contributed by atoms with van der Waals surface area (Å²) in [4.78, 5) is 2.15. The van der Waals surface area contributed by atoms with Gasteiger partial charge in [-0.25, -0.2) is 4.39 Å². The van der Waals surface area contributed by atoms with Crippen LogP contribution in [0.3, 0.4) is 0 Å². The van der Waals surface area contributed by atoms with E-state index < -0.39 is 0 Å². The first kappa shape index (κ1) is 12.0. The summed E-state index contributed by atoms with van der Waals surface area (Å²) in [5.41, 5.74) is 8.38. The van der Waals surface area contributed by atoms with Crippen molar-refractivity contribution in [1.82, 2.24) is 0 Å². The third-order valence-electron chi connectivity index (χ3n) is 3.74. The normalized spacial score (nSPS) is 18.8. The van der Waals surface area contributed by atoms with E-state index >= 15 is 0 Å². The number of nitrogen functional groups attached to an aromatic ring is 1. The minimum atomic E-state index is -0.148. The molecule has 1 heterocycles. The van der Waals surface area contributed by atoms with Crippen LogP contribution < -0.4 is 10.6 Å². The maximum atomic E-state index is 13.9. The molecule has 0 amide bonds. The van der Waals surface area contributed by atoms with Gasteiger partial charge in [-0.3, -0.25) is 0 Å². The van der Waals surface area contributed by atoms with Crippen molar-refractivity contribution in [2.75, 3.05) is 17.2 Å². The predicted molar refractivity (Wildman–Crippen MR) is 76.6 cm³/mol. The van der Waals surface area contributed by atoms with E-state index in [1.165, 1.54) is 11.6 Å². The summed E-state index contributed by atoms with van der Waals surface area (Å²) in [6, 6.07) is 15.1. The zero-order valence-corrected chi connectivity index (χ0v) is 10.7. The molecule has 1 saturated heterocycles. The van der Waals surface area contributed by atoms with Crippen LogP contribution in [-0.4, -0.2) is 6.54 Å². The van der Waals surface area contributed by atoms with Gasteiger partial charge in [0.2, 0.25) is 0 Å². The molecule has 3 rings (SSSR count). The molecule has 0 spiro atoms. The quantitative estimate of drug-likeness (QED) is 0.829. The highest BCUT2D eigenvalue weighted by Gasteiger charge is 2.27. The van der Waals surface area contributed by atoms with E-state index in [1.807, 2.05) is 36.4 Å². The molecule has 1 fully saturated rings. The molecule has 0 aromatic heterocycles. The summed E-state index contributed by atoms with van der Waals surface area (Å²) >= 11 is 0. The second-order valence-corrected chi connectivity index (χ2v) is 4.97. The van der Waals surface area contributed by atoms with Gasteiger partial charge in [0.25, 0.3) is 0 Å². The third kappa shape index (κ3) is 2.28. The van der Waals surface area contributed by atoms with E-state index in [0.29, 0.717) is 5.69 Å². The molecule has 0 aliphatic carbocycles. The van der Waals surface area contributed by atoms with E-state index in [9.17, 15) is 4.39 Å². The lowest BCUT2D eigenvalue weighted by molar-refractivity contribution is 0.611. The number of anilines is 2. The Balaban J connectivity index is 1.94. The largest absolute Gasteiger partial charge is 0.399 e. The van der Waals surface area contributed by atoms with Crippen LogP contribution >= 0.6 is 0 Å². The standard InChI is InChI=1S/C16H17FN2/c17-14-4-1-2-5-16(14)19-11-3-6-15(19)12-7-9-13(18)10-8-12/h1-2,4-5,7-10,15H,3,6,11,18H2. The molecule has 98 valence electrons. The van der Waals surface area contributed by atoms with E-state index in [2.05, 4.69) is 4.90 Å². The lowest BCUT2D eigenvalue weighted by Crippen LogP contribution is -2.23. The maximum Gasteiger partial charge on any atom is 0.146 e. The van der Waals surface area contributed by atoms with Gasteiger partial charge in [0.15, 0.2) is 0 Å². The minimum Gasteiger partial charge on any atom is -0.399 e. The highest BCUT2D eigenvalue weighted by Crippen LogP contribution is 2.37. The van der Waals surface area contributed by atoms with Gasteiger partial charge < -0.3 is 10.6 Å². The molecule has 19 heavy (non-hydrogen) atoms.